The molecule has 0 heteroatoms. The molecule has 1 aromatic rings. The highest BCUT2D eigenvalue weighted by molar-refractivity contribution is 5.17. The van der Waals surface area contributed by atoms with Gasteiger partial charge in [-0.05, 0) is 16.9 Å². The van der Waals surface area contributed by atoms with Gasteiger partial charge in [-0.15, -0.1) is 0 Å². The van der Waals surface area contributed by atoms with Crippen LogP contribution >= 0.6 is 0 Å². The average molecular weight is 252 g/mol. The molecule has 108 valence electrons. The van der Waals surface area contributed by atoms with Crippen LogP contribution in [0.1, 0.15) is 80.7 Å². The maximum atomic E-state index is 2.20. The molecule has 0 bridgehead atoms. The van der Waals surface area contributed by atoms with Crippen LogP contribution in [-0.2, 0) is 0 Å². The minimum Gasteiger partial charge on any atom is -0.0683 e. The molecule has 0 unspecified atom stereocenters. The fraction of sp³-hybridized carbons (Fsp3) is 0.667. The van der Waals surface area contributed by atoms with Crippen molar-refractivity contribution in [3.8, 4) is 0 Å². The Bertz CT molecular complexity index is 220. The summed E-state index contributed by atoms with van der Waals surface area (Å²) in [6.45, 7) is 21.2. The third kappa shape index (κ3) is 24.4. The molecule has 0 N–H and O–H groups in total. The van der Waals surface area contributed by atoms with E-state index in [1.54, 1.807) is 0 Å². The molecule has 0 fully saturated rings. The molecule has 18 heavy (non-hydrogen) atoms. The molecule has 1 aromatic carbocycles. The number of rotatable bonds is 1. The summed E-state index contributed by atoms with van der Waals surface area (Å²) >= 11 is 0. The zero-order valence-corrected chi connectivity index (χ0v) is 14.5. The van der Waals surface area contributed by atoms with Crippen LogP contribution < -0.4 is 0 Å². The van der Waals surface area contributed by atoms with E-state index in [1.165, 1.54) is 5.56 Å². The van der Waals surface area contributed by atoms with Gasteiger partial charge in [0.2, 0.25) is 0 Å². The average Bonchev–Trinajstić information content (AvgIpc) is 2.33. The predicted octanol–water partition coefficient (Wildman–Crippen LogP) is 6.91. The van der Waals surface area contributed by atoms with Crippen LogP contribution in [0, 0.1) is 5.41 Å². The molecule has 0 heterocycles. The van der Waals surface area contributed by atoms with Crippen molar-refractivity contribution >= 4 is 0 Å². The number of hydrogen-bond donors (Lipinski definition) is 0. The maximum Gasteiger partial charge on any atom is -0.0219 e. The van der Waals surface area contributed by atoms with E-state index < -0.39 is 0 Å². The molecule has 1 rings (SSSR count). The topological polar surface area (TPSA) is 0 Å². The smallest absolute Gasteiger partial charge is 0.0219 e. The van der Waals surface area contributed by atoms with Gasteiger partial charge in [-0.3, -0.25) is 0 Å². The lowest BCUT2D eigenvalue weighted by molar-refractivity contribution is 0.469. The lowest BCUT2D eigenvalue weighted by Gasteiger charge is -2.05. The minimum absolute atomic E-state index is 0.500. The summed E-state index contributed by atoms with van der Waals surface area (Å²) in [7, 11) is 0. The summed E-state index contributed by atoms with van der Waals surface area (Å²) in [6, 6.07) is 10.5. The SMILES string of the molecule is CC.CC.CC(C)(C)C.CC(C)c1ccccc1. The van der Waals surface area contributed by atoms with E-state index in [-0.39, 0.29) is 0 Å². The van der Waals surface area contributed by atoms with Gasteiger partial charge in [0.1, 0.15) is 0 Å². The fourth-order valence-corrected chi connectivity index (χ4v) is 0.838. The summed E-state index contributed by atoms with van der Waals surface area (Å²) in [5.74, 6) is 0.659. The van der Waals surface area contributed by atoms with Gasteiger partial charge in [0, 0.05) is 0 Å². The molecule has 0 nitrogen and oxygen atoms in total. The number of hydrogen-bond acceptors (Lipinski definition) is 0. The number of benzene rings is 1. The van der Waals surface area contributed by atoms with E-state index in [0.717, 1.165) is 0 Å². The normalized spacial score (nSPS) is 9.06. The second-order valence-electron chi connectivity index (χ2n) is 5.57. The second kappa shape index (κ2) is 14.3. The van der Waals surface area contributed by atoms with Crippen LogP contribution in [0.3, 0.4) is 0 Å². The van der Waals surface area contributed by atoms with Gasteiger partial charge in [0.15, 0.2) is 0 Å². The van der Waals surface area contributed by atoms with Gasteiger partial charge >= 0.3 is 0 Å². The largest absolute Gasteiger partial charge is 0.0683 e. The Labute approximate surface area is 117 Å². The van der Waals surface area contributed by atoms with E-state index in [4.69, 9.17) is 0 Å². The Hall–Kier alpha value is -0.780. The van der Waals surface area contributed by atoms with Crippen molar-refractivity contribution in [3.63, 3.8) is 0 Å². The third-order valence-corrected chi connectivity index (χ3v) is 1.47. The Kier molecular flexibility index (Phi) is 17.8. The first-order valence-corrected chi connectivity index (χ1v) is 7.35. The highest BCUT2D eigenvalue weighted by Crippen LogP contribution is 2.11. The van der Waals surface area contributed by atoms with Crippen LogP contribution in [0.2, 0.25) is 0 Å². The van der Waals surface area contributed by atoms with Crippen molar-refractivity contribution in [2.24, 2.45) is 5.41 Å². The first-order valence-electron chi connectivity index (χ1n) is 7.35. The van der Waals surface area contributed by atoms with Crippen molar-refractivity contribution in [1.82, 2.24) is 0 Å². The zero-order valence-electron chi connectivity index (χ0n) is 14.5. The maximum absolute atomic E-state index is 2.20. The van der Waals surface area contributed by atoms with E-state index in [0.29, 0.717) is 11.3 Å². The van der Waals surface area contributed by atoms with Crippen LogP contribution in [0.4, 0.5) is 0 Å². The molecule has 0 radical (unpaired) electrons. The van der Waals surface area contributed by atoms with Crippen LogP contribution in [-0.4, -0.2) is 0 Å². The van der Waals surface area contributed by atoms with E-state index in [9.17, 15) is 0 Å². The van der Waals surface area contributed by atoms with Gasteiger partial charge in [0.05, 0.1) is 0 Å². The van der Waals surface area contributed by atoms with Gasteiger partial charge in [-0.1, -0.05) is 99.6 Å². The van der Waals surface area contributed by atoms with E-state index >= 15 is 0 Å². The zero-order chi connectivity index (χ0) is 15.2. The molecular weight excluding hydrogens is 216 g/mol. The summed E-state index contributed by atoms with van der Waals surface area (Å²) < 4.78 is 0. The molecule has 0 aliphatic carbocycles. The van der Waals surface area contributed by atoms with Crippen molar-refractivity contribution in [1.29, 1.82) is 0 Å². The Morgan fingerprint density at radius 2 is 1.00 bits per heavy atom. The summed E-state index contributed by atoms with van der Waals surface area (Å²) in [5, 5.41) is 0. The lowest BCUT2D eigenvalue weighted by Crippen LogP contribution is -1.93. The standard InChI is InChI=1S/C9H12.C5H12.2C2H6/c1-8(2)9-6-4-3-5-7-9;1-5(2,3)4;2*1-2/h3-8H,1-2H3;1-4H3;2*1-2H3. The predicted molar refractivity (Wildman–Crippen MR) is 88.4 cm³/mol. The van der Waals surface area contributed by atoms with Crippen molar-refractivity contribution < 1.29 is 0 Å². The molecule has 0 saturated carbocycles. The van der Waals surface area contributed by atoms with Gasteiger partial charge < -0.3 is 0 Å². The summed E-state index contributed by atoms with van der Waals surface area (Å²) in [5.41, 5.74) is 1.91. The Morgan fingerprint density at radius 3 is 1.17 bits per heavy atom. The third-order valence-electron chi connectivity index (χ3n) is 1.47. The Balaban J connectivity index is -0.000000215. The molecule has 0 spiro atoms. The van der Waals surface area contributed by atoms with Crippen molar-refractivity contribution in [2.75, 3.05) is 0 Å². The van der Waals surface area contributed by atoms with Crippen LogP contribution in [0.15, 0.2) is 30.3 Å². The highest BCUT2D eigenvalue weighted by Gasteiger charge is 1.95. The van der Waals surface area contributed by atoms with Crippen LogP contribution in [0.25, 0.3) is 0 Å². The highest BCUT2D eigenvalue weighted by atomic mass is 14.0. The molecule has 0 aliphatic heterocycles. The van der Waals surface area contributed by atoms with E-state index in [1.807, 2.05) is 33.8 Å². The lowest BCUT2D eigenvalue weighted by atomic mass is 10.0. The van der Waals surface area contributed by atoms with Crippen LogP contribution in [0.5, 0.6) is 0 Å². The minimum atomic E-state index is 0.500. The first kappa shape index (κ1) is 22.4. The van der Waals surface area contributed by atoms with Crippen molar-refractivity contribution in [2.45, 2.75) is 75.2 Å². The van der Waals surface area contributed by atoms with E-state index in [2.05, 4.69) is 65.8 Å². The molecule has 0 atom stereocenters. The summed E-state index contributed by atoms with van der Waals surface area (Å²) in [4.78, 5) is 0. The van der Waals surface area contributed by atoms with Gasteiger partial charge in [-0.25, -0.2) is 0 Å². The molecule has 0 aromatic heterocycles. The second-order valence-corrected chi connectivity index (χ2v) is 5.57. The molecule has 0 saturated heterocycles. The quantitative estimate of drug-likeness (QED) is 0.509. The molecule has 0 aliphatic rings. The fourth-order valence-electron chi connectivity index (χ4n) is 0.838. The van der Waals surface area contributed by atoms with Crippen molar-refractivity contribution in [3.05, 3.63) is 35.9 Å². The van der Waals surface area contributed by atoms with Gasteiger partial charge in [0.25, 0.3) is 0 Å². The molecule has 0 amide bonds. The Morgan fingerprint density at radius 1 is 0.722 bits per heavy atom. The monoisotopic (exact) mass is 252 g/mol. The summed E-state index contributed by atoms with van der Waals surface area (Å²) in [6.07, 6.45) is 0. The molecular formula is C18H36. The first-order chi connectivity index (χ1) is 8.30. The van der Waals surface area contributed by atoms with Gasteiger partial charge in [-0.2, -0.15) is 0 Å².